The summed E-state index contributed by atoms with van der Waals surface area (Å²) in [5, 5.41) is 5.95. The maximum atomic E-state index is 13.9. The summed E-state index contributed by atoms with van der Waals surface area (Å²) in [5.41, 5.74) is 2.02. The minimum Gasteiger partial charge on any atom is -0.444 e. The molecule has 40 heavy (non-hydrogen) atoms. The Morgan fingerprint density at radius 2 is 1.60 bits per heavy atom. The molecule has 0 bridgehead atoms. The molecule has 2 N–H and O–H groups in total. The molecular formula is C32H38N4O4. The van der Waals surface area contributed by atoms with E-state index in [0.717, 1.165) is 16.8 Å². The number of carbonyl (C=O) groups excluding carboxylic acids is 3. The molecule has 1 aromatic heterocycles. The molecule has 1 aliphatic heterocycles. The second-order valence-electron chi connectivity index (χ2n) is 11.1. The molecule has 3 aromatic rings. The van der Waals surface area contributed by atoms with Crippen LogP contribution in [0.4, 0.5) is 4.79 Å². The van der Waals surface area contributed by atoms with Gasteiger partial charge in [0.15, 0.2) is 0 Å². The molecule has 2 aromatic carbocycles. The quantitative estimate of drug-likeness (QED) is 0.411. The van der Waals surface area contributed by atoms with Gasteiger partial charge in [-0.1, -0.05) is 66.7 Å². The fourth-order valence-corrected chi connectivity index (χ4v) is 4.94. The first-order valence-corrected chi connectivity index (χ1v) is 13.8. The van der Waals surface area contributed by atoms with Crippen LogP contribution in [-0.4, -0.2) is 52.0 Å². The summed E-state index contributed by atoms with van der Waals surface area (Å²) in [7, 11) is 0. The van der Waals surface area contributed by atoms with Crippen LogP contribution in [0.1, 0.15) is 56.5 Å². The third kappa shape index (κ3) is 8.15. The molecule has 1 fully saturated rings. The summed E-state index contributed by atoms with van der Waals surface area (Å²) in [6, 6.07) is 23.2. The number of nitrogens with zero attached hydrogens (tertiary/aromatic N) is 2. The Hall–Kier alpha value is -4.20. The molecule has 0 unspecified atom stereocenters. The Labute approximate surface area is 236 Å². The van der Waals surface area contributed by atoms with Gasteiger partial charge in [0.25, 0.3) is 0 Å². The smallest absolute Gasteiger partial charge is 0.408 e. The molecule has 3 atom stereocenters. The van der Waals surface area contributed by atoms with Gasteiger partial charge in [-0.15, -0.1) is 0 Å². The molecule has 0 spiro atoms. The predicted molar refractivity (Wildman–Crippen MR) is 153 cm³/mol. The van der Waals surface area contributed by atoms with Crippen molar-refractivity contribution >= 4 is 17.9 Å². The summed E-state index contributed by atoms with van der Waals surface area (Å²) in [6.07, 6.45) is 3.13. The van der Waals surface area contributed by atoms with Gasteiger partial charge < -0.3 is 20.3 Å². The van der Waals surface area contributed by atoms with Crippen molar-refractivity contribution in [2.24, 2.45) is 0 Å². The molecule has 1 saturated heterocycles. The van der Waals surface area contributed by atoms with Crippen molar-refractivity contribution in [1.29, 1.82) is 0 Å². The number of pyridine rings is 1. The number of carbonyl (C=O) groups is 3. The zero-order valence-electron chi connectivity index (χ0n) is 23.4. The molecule has 210 valence electrons. The van der Waals surface area contributed by atoms with Crippen LogP contribution in [0.5, 0.6) is 0 Å². The van der Waals surface area contributed by atoms with Gasteiger partial charge in [-0.2, -0.15) is 0 Å². The van der Waals surface area contributed by atoms with Crippen LogP contribution in [0.2, 0.25) is 0 Å². The van der Waals surface area contributed by atoms with E-state index in [9.17, 15) is 14.4 Å². The zero-order valence-corrected chi connectivity index (χ0v) is 23.4. The van der Waals surface area contributed by atoms with Crippen LogP contribution in [0, 0.1) is 0 Å². The maximum absolute atomic E-state index is 13.9. The van der Waals surface area contributed by atoms with E-state index in [1.165, 1.54) is 0 Å². The van der Waals surface area contributed by atoms with E-state index in [-0.39, 0.29) is 24.3 Å². The Morgan fingerprint density at radius 3 is 2.25 bits per heavy atom. The highest BCUT2D eigenvalue weighted by molar-refractivity contribution is 5.92. The summed E-state index contributed by atoms with van der Waals surface area (Å²) < 4.78 is 5.45. The van der Waals surface area contributed by atoms with Gasteiger partial charge in [-0.3, -0.25) is 14.6 Å². The van der Waals surface area contributed by atoms with E-state index in [2.05, 4.69) is 15.6 Å². The lowest BCUT2D eigenvalue weighted by atomic mass is 10.0. The molecule has 3 amide bonds. The number of ether oxygens (including phenoxy) is 1. The van der Waals surface area contributed by atoms with Crippen LogP contribution in [0.15, 0.2) is 85.1 Å². The highest BCUT2D eigenvalue weighted by Crippen LogP contribution is 2.23. The van der Waals surface area contributed by atoms with Crippen molar-refractivity contribution in [3.8, 4) is 0 Å². The van der Waals surface area contributed by atoms with Gasteiger partial charge in [0.2, 0.25) is 11.8 Å². The van der Waals surface area contributed by atoms with Crippen molar-refractivity contribution in [3.05, 3.63) is 102 Å². The fourth-order valence-electron chi connectivity index (χ4n) is 4.94. The van der Waals surface area contributed by atoms with E-state index < -0.39 is 23.8 Å². The lowest BCUT2D eigenvalue weighted by Crippen LogP contribution is -2.55. The van der Waals surface area contributed by atoms with E-state index in [1.54, 1.807) is 31.9 Å². The van der Waals surface area contributed by atoms with Crippen molar-refractivity contribution in [1.82, 2.24) is 20.5 Å². The fraction of sp³-hybridized carbons (Fsp3) is 0.375. The molecule has 8 nitrogen and oxygen atoms in total. The van der Waals surface area contributed by atoms with Gasteiger partial charge in [0, 0.05) is 31.3 Å². The normalized spacial score (nSPS) is 16.6. The monoisotopic (exact) mass is 542 g/mol. The second kappa shape index (κ2) is 13.2. The number of aromatic nitrogens is 1. The summed E-state index contributed by atoms with van der Waals surface area (Å²) in [6.45, 7) is 5.76. The number of amides is 3. The number of likely N-dealkylation sites (tertiary alicyclic amines) is 1. The number of rotatable bonds is 9. The molecule has 0 radical (unpaired) electrons. The summed E-state index contributed by atoms with van der Waals surface area (Å²) >= 11 is 0. The molecule has 0 aliphatic carbocycles. The van der Waals surface area contributed by atoms with E-state index in [0.29, 0.717) is 25.8 Å². The minimum absolute atomic E-state index is 0.216. The number of benzene rings is 2. The van der Waals surface area contributed by atoms with Gasteiger partial charge in [0.1, 0.15) is 17.7 Å². The minimum atomic E-state index is -0.871. The lowest BCUT2D eigenvalue weighted by molar-refractivity contribution is -0.140. The van der Waals surface area contributed by atoms with Crippen LogP contribution >= 0.6 is 0 Å². The second-order valence-corrected chi connectivity index (χ2v) is 11.1. The van der Waals surface area contributed by atoms with Gasteiger partial charge in [-0.25, -0.2) is 4.79 Å². The standard InChI is InChI=1S/C32H38N4O4/c1-32(2,3)40-31(39)35-27(21-23-13-6-4-7-14-23)30(38)36-20-12-18-28(36)29(37)34-26(24-15-8-5-9-16-24)22-25-17-10-11-19-33-25/h4-11,13-17,19,26-28H,12,18,20-22H2,1-3H3,(H,34,37)(H,35,39)/t26-,27-,28-/m0/s1. The average molecular weight is 543 g/mol. The largest absolute Gasteiger partial charge is 0.444 e. The predicted octanol–water partition coefficient (Wildman–Crippen LogP) is 4.61. The number of nitrogens with one attached hydrogen (secondary N) is 2. The lowest BCUT2D eigenvalue weighted by Gasteiger charge is -2.30. The highest BCUT2D eigenvalue weighted by atomic mass is 16.6. The topological polar surface area (TPSA) is 101 Å². The Morgan fingerprint density at radius 1 is 0.925 bits per heavy atom. The van der Waals surface area contributed by atoms with Gasteiger partial charge in [0.05, 0.1) is 6.04 Å². The van der Waals surface area contributed by atoms with Crippen LogP contribution in [0.25, 0.3) is 0 Å². The zero-order chi connectivity index (χ0) is 28.5. The first-order valence-electron chi connectivity index (χ1n) is 13.8. The van der Waals surface area contributed by atoms with E-state index >= 15 is 0 Å². The van der Waals surface area contributed by atoms with Crippen molar-refractivity contribution in [2.45, 2.75) is 70.2 Å². The van der Waals surface area contributed by atoms with Crippen LogP contribution < -0.4 is 10.6 Å². The molecular weight excluding hydrogens is 504 g/mol. The molecule has 1 aliphatic rings. The maximum Gasteiger partial charge on any atom is 0.408 e. The first-order chi connectivity index (χ1) is 19.2. The third-order valence-corrected chi connectivity index (χ3v) is 6.77. The summed E-state index contributed by atoms with van der Waals surface area (Å²) in [5.74, 6) is -0.514. The van der Waals surface area contributed by atoms with Gasteiger partial charge in [-0.05, 0) is 56.9 Å². The molecule has 8 heteroatoms. The van der Waals surface area contributed by atoms with Crippen LogP contribution in [0.3, 0.4) is 0 Å². The van der Waals surface area contributed by atoms with E-state index in [4.69, 9.17) is 4.74 Å². The van der Waals surface area contributed by atoms with Gasteiger partial charge >= 0.3 is 6.09 Å². The van der Waals surface area contributed by atoms with Crippen molar-refractivity contribution in [3.63, 3.8) is 0 Å². The number of alkyl carbamates (subject to hydrolysis) is 1. The molecule has 4 rings (SSSR count). The Balaban J connectivity index is 1.52. The average Bonchev–Trinajstić information content (AvgIpc) is 3.43. The number of hydrogen-bond acceptors (Lipinski definition) is 5. The molecule has 0 saturated carbocycles. The first kappa shape index (κ1) is 28.8. The third-order valence-electron chi connectivity index (χ3n) is 6.77. The van der Waals surface area contributed by atoms with Crippen molar-refractivity contribution in [2.75, 3.05) is 6.54 Å². The Bertz CT molecular complexity index is 1260. The number of hydrogen-bond donors (Lipinski definition) is 2. The molecule has 2 heterocycles. The SMILES string of the molecule is CC(C)(C)OC(=O)N[C@@H](Cc1ccccc1)C(=O)N1CCC[C@H]1C(=O)N[C@@H](Cc1ccccn1)c1ccccc1. The van der Waals surface area contributed by atoms with Crippen molar-refractivity contribution < 1.29 is 19.1 Å². The van der Waals surface area contributed by atoms with Crippen LogP contribution in [-0.2, 0) is 27.2 Å². The highest BCUT2D eigenvalue weighted by Gasteiger charge is 2.39. The Kier molecular flexibility index (Phi) is 9.53. The van der Waals surface area contributed by atoms with E-state index in [1.807, 2.05) is 78.9 Å². The summed E-state index contributed by atoms with van der Waals surface area (Å²) in [4.78, 5) is 46.3.